The molecule has 1 heterocycles. The number of aromatic nitrogens is 1. The minimum absolute atomic E-state index is 0.446. The molecule has 1 aromatic rings. The van der Waals surface area contributed by atoms with Crippen molar-refractivity contribution in [2.24, 2.45) is 0 Å². The highest BCUT2D eigenvalue weighted by molar-refractivity contribution is 5.81. The standard InChI is InChI=1S/C12H18N2O7/c1-12(2,3)20-11(19)13-7(6-15)10(18)21-14-8(16)4-5-9(14)17/h4-5,7,15-17H,6H2,1-3H3,(H,13,19). The second-order valence-corrected chi connectivity index (χ2v) is 5.14. The first-order chi connectivity index (χ1) is 9.64. The highest BCUT2D eigenvalue weighted by atomic mass is 16.7. The molecule has 1 amide bonds. The van der Waals surface area contributed by atoms with Crippen molar-refractivity contribution in [3.05, 3.63) is 12.1 Å². The molecule has 0 radical (unpaired) electrons. The average Bonchev–Trinajstić information content (AvgIpc) is 2.65. The van der Waals surface area contributed by atoms with Gasteiger partial charge < -0.3 is 30.2 Å². The molecule has 1 rings (SSSR count). The highest BCUT2D eigenvalue weighted by Gasteiger charge is 2.26. The average molecular weight is 302 g/mol. The Labute approximate surface area is 120 Å². The van der Waals surface area contributed by atoms with E-state index >= 15 is 0 Å². The third kappa shape index (κ3) is 4.88. The third-order valence-electron chi connectivity index (χ3n) is 2.14. The summed E-state index contributed by atoms with van der Waals surface area (Å²) in [6.07, 6.45) is -0.917. The Hall–Kier alpha value is -2.42. The molecule has 0 spiro atoms. The van der Waals surface area contributed by atoms with Crippen molar-refractivity contribution in [1.29, 1.82) is 0 Å². The Bertz CT molecular complexity index is 499. The number of alkyl carbamates (subject to hydrolysis) is 1. The van der Waals surface area contributed by atoms with Crippen LogP contribution in [0.25, 0.3) is 0 Å². The normalized spacial score (nSPS) is 12.6. The monoisotopic (exact) mass is 302 g/mol. The number of hydrogen-bond donors (Lipinski definition) is 4. The van der Waals surface area contributed by atoms with Crippen molar-refractivity contribution in [1.82, 2.24) is 10.0 Å². The predicted octanol–water partition coefficient (Wildman–Crippen LogP) is -0.260. The lowest BCUT2D eigenvalue weighted by molar-refractivity contribution is -0.149. The molecule has 9 heteroatoms. The molecule has 1 atom stereocenters. The van der Waals surface area contributed by atoms with E-state index in [0.717, 1.165) is 12.1 Å². The molecule has 4 N–H and O–H groups in total. The number of aromatic hydroxyl groups is 2. The molecular weight excluding hydrogens is 284 g/mol. The van der Waals surface area contributed by atoms with Gasteiger partial charge in [0.25, 0.3) is 0 Å². The largest absolute Gasteiger partial charge is 0.492 e. The van der Waals surface area contributed by atoms with Gasteiger partial charge in [-0.3, -0.25) is 0 Å². The molecule has 0 aliphatic heterocycles. The number of carbonyl (C=O) groups excluding carboxylic acids is 2. The maximum atomic E-state index is 11.8. The SMILES string of the molecule is CC(C)(C)OC(=O)NC(CO)C(=O)On1c(O)ccc1O. The molecule has 118 valence electrons. The first kappa shape index (κ1) is 16.6. The molecule has 9 nitrogen and oxygen atoms in total. The summed E-state index contributed by atoms with van der Waals surface area (Å²) < 4.78 is 5.37. The zero-order valence-electron chi connectivity index (χ0n) is 11.9. The Kier molecular flexibility index (Phi) is 5.03. The maximum Gasteiger partial charge on any atom is 0.408 e. The molecule has 1 aromatic heterocycles. The van der Waals surface area contributed by atoms with Crippen LogP contribution in [0.2, 0.25) is 0 Å². The lowest BCUT2D eigenvalue weighted by Crippen LogP contribution is -2.48. The van der Waals surface area contributed by atoms with Crippen LogP contribution in [-0.4, -0.2) is 50.4 Å². The summed E-state index contributed by atoms with van der Waals surface area (Å²) >= 11 is 0. The van der Waals surface area contributed by atoms with Crippen LogP contribution in [0.3, 0.4) is 0 Å². The number of hydrogen-bond acceptors (Lipinski definition) is 7. The fraction of sp³-hybridized carbons (Fsp3) is 0.500. The van der Waals surface area contributed by atoms with E-state index in [9.17, 15) is 19.8 Å². The first-order valence-corrected chi connectivity index (χ1v) is 6.06. The first-order valence-electron chi connectivity index (χ1n) is 6.06. The van der Waals surface area contributed by atoms with E-state index in [0.29, 0.717) is 4.73 Å². The Balaban J connectivity index is 2.68. The summed E-state index contributed by atoms with van der Waals surface area (Å²) in [5.74, 6) is -2.13. The quantitative estimate of drug-likeness (QED) is 0.602. The smallest absolute Gasteiger partial charge is 0.408 e. The van der Waals surface area contributed by atoms with Gasteiger partial charge in [0, 0.05) is 12.1 Å². The molecule has 0 aromatic carbocycles. The number of carbonyl (C=O) groups is 2. The van der Waals surface area contributed by atoms with Gasteiger partial charge >= 0.3 is 12.1 Å². The van der Waals surface area contributed by atoms with Crippen molar-refractivity contribution in [2.45, 2.75) is 32.4 Å². The topological polar surface area (TPSA) is 130 Å². The van der Waals surface area contributed by atoms with E-state index < -0.39 is 42.1 Å². The molecule has 1 unspecified atom stereocenters. The van der Waals surface area contributed by atoms with Gasteiger partial charge in [0.1, 0.15) is 5.60 Å². The lowest BCUT2D eigenvalue weighted by Gasteiger charge is -2.22. The second kappa shape index (κ2) is 6.35. The van der Waals surface area contributed by atoms with Gasteiger partial charge in [-0.25, -0.2) is 9.59 Å². The summed E-state index contributed by atoms with van der Waals surface area (Å²) in [4.78, 5) is 27.9. The molecule has 0 fully saturated rings. The van der Waals surface area contributed by atoms with Crippen LogP contribution in [0.4, 0.5) is 4.79 Å². The van der Waals surface area contributed by atoms with Crippen LogP contribution < -0.4 is 10.2 Å². The Morgan fingerprint density at radius 2 is 1.81 bits per heavy atom. The third-order valence-corrected chi connectivity index (χ3v) is 2.14. The number of aliphatic hydroxyl groups excluding tert-OH is 1. The van der Waals surface area contributed by atoms with Crippen LogP contribution in [0, 0.1) is 0 Å². The van der Waals surface area contributed by atoms with Crippen LogP contribution in [0.1, 0.15) is 20.8 Å². The summed E-state index contributed by atoms with van der Waals surface area (Å²) in [6, 6.07) is 0.775. The minimum Gasteiger partial charge on any atom is -0.492 e. The van der Waals surface area contributed by atoms with E-state index in [1.54, 1.807) is 20.8 Å². The van der Waals surface area contributed by atoms with E-state index in [1.165, 1.54) is 0 Å². The molecule has 0 bridgehead atoms. The number of rotatable bonds is 4. The van der Waals surface area contributed by atoms with E-state index in [1.807, 2.05) is 0 Å². The van der Waals surface area contributed by atoms with Crippen molar-refractivity contribution in [2.75, 3.05) is 6.61 Å². The maximum absolute atomic E-state index is 11.8. The van der Waals surface area contributed by atoms with Crippen LogP contribution in [0.15, 0.2) is 12.1 Å². The minimum atomic E-state index is -1.42. The van der Waals surface area contributed by atoms with Crippen LogP contribution in [0.5, 0.6) is 11.8 Å². The second-order valence-electron chi connectivity index (χ2n) is 5.14. The number of ether oxygens (including phenoxy) is 1. The number of amides is 1. The van der Waals surface area contributed by atoms with Gasteiger partial charge in [-0.1, -0.05) is 0 Å². The Morgan fingerprint density at radius 1 is 1.29 bits per heavy atom. The van der Waals surface area contributed by atoms with Crippen molar-refractivity contribution in [3.8, 4) is 11.8 Å². The van der Waals surface area contributed by atoms with Crippen LogP contribution >= 0.6 is 0 Å². The van der Waals surface area contributed by atoms with Crippen molar-refractivity contribution >= 4 is 12.1 Å². The fourth-order valence-electron chi connectivity index (χ4n) is 1.28. The predicted molar refractivity (Wildman–Crippen MR) is 69.6 cm³/mol. The van der Waals surface area contributed by atoms with Crippen molar-refractivity contribution < 1.29 is 34.5 Å². The molecular formula is C12H18N2O7. The van der Waals surface area contributed by atoms with Crippen molar-refractivity contribution in [3.63, 3.8) is 0 Å². The molecule has 21 heavy (non-hydrogen) atoms. The van der Waals surface area contributed by atoms with E-state index in [2.05, 4.69) is 10.2 Å². The van der Waals surface area contributed by atoms with Gasteiger partial charge in [0.15, 0.2) is 6.04 Å². The fourth-order valence-corrected chi connectivity index (χ4v) is 1.28. The number of aliphatic hydroxyl groups is 1. The highest BCUT2D eigenvalue weighted by Crippen LogP contribution is 2.18. The molecule has 0 aliphatic carbocycles. The summed E-state index contributed by atoms with van der Waals surface area (Å²) in [5.41, 5.74) is -0.773. The van der Waals surface area contributed by atoms with E-state index in [4.69, 9.17) is 9.84 Å². The summed E-state index contributed by atoms with van der Waals surface area (Å²) in [6.45, 7) is 4.15. The van der Waals surface area contributed by atoms with Gasteiger partial charge in [-0.05, 0) is 20.8 Å². The Morgan fingerprint density at radius 3 is 2.24 bits per heavy atom. The zero-order chi connectivity index (χ0) is 16.2. The van der Waals surface area contributed by atoms with Gasteiger partial charge in [0.05, 0.1) is 6.61 Å². The van der Waals surface area contributed by atoms with Crippen LogP contribution in [-0.2, 0) is 9.53 Å². The van der Waals surface area contributed by atoms with Gasteiger partial charge in [-0.15, -0.1) is 4.73 Å². The summed E-state index contributed by atoms with van der Waals surface area (Å²) in [7, 11) is 0. The molecule has 0 saturated carbocycles. The van der Waals surface area contributed by atoms with Gasteiger partial charge in [0.2, 0.25) is 11.8 Å². The van der Waals surface area contributed by atoms with Gasteiger partial charge in [-0.2, -0.15) is 0 Å². The number of nitrogens with one attached hydrogen (secondary N) is 1. The zero-order valence-corrected chi connectivity index (χ0v) is 11.9. The molecule has 0 aliphatic rings. The molecule has 0 saturated heterocycles. The summed E-state index contributed by atoms with van der Waals surface area (Å²) in [5, 5.41) is 29.9. The lowest BCUT2D eigenvalue weighted by atomic mass is 10.2. The van der Waals surface area contributed by atoms with E-state index in [-0.39, 0.29) is 0 Å². The number of nitrogens with zero attached hydrogens (tertiary/aromatic N) is 1.